The molecular weight excluding hydrogens is 345 g/mol. The molecule has 1 atom stereocenters. The lowest BCUT2D eigenvalue weighted by Gasteiger charge is -2.28. The third-order valence-electron chi connectivity index (χ3n) is 3.73. The first-order valence-electron chi connectivity index (χ1n) is 7.65. The summed E-state index contributed by atoms with van der Waals surface area (Å²) in [5.74, 6) is -0.346. The van der Waals surface area contributed by atoms with E-state index in [1.54, 1.807) is 6.07 Å². The Morgan fingerprint density at radius 2 is 1.83 bits per heavy atom. The van der Waals surface area contributed by atoms with E-state index in [1.807, 2.05) is 54.4 Å². The fraction of sp³-hybridized carbons (Fsp3) is 0.278. The van der Waals surface area contributed by atoms with Gasteiger partial charge < -0.3 is 5.73 Å². The van der Waals surface area contributed by atoms with E-state index in [-0.39, 0.29) is 18.5 Å². The largest absolute Gasteiger partial charge is 0.370 e. The lowest BCUT2D eigenvalue weighted by atomic mass is 10.2. The number of carbonyl (C=O) groups is 1. The van der Waals surface area contributed by atoms with E-state index in [0.717, 1.165) is 11.1 Å². The summed E-state index contributed by atoms with van der Waals surface area (Å²) in [6, 6.07) is 15.5. The van der Waals surface area contributed by atoms with Gasteiger partial charge in [-0.15, -0.1) is 0 Å². The summed E-state index contributed by atoms with van der Waals surface area (Å²) < 4.78 is 0. The number of hydrogen-bond donors (Lipinski definition) is 2. The van der Waals surface area contributed by atoms with Crippen LogP contribution in [0.2, 0.25) is 10.0 Å². The minimum absolute atomic E-state index is 0.169. The minimum atomic E-state index is -0.346. The highest BCUT2D eigenvalue weighted by Crippen LogP contribution is 2.23. The molecule has 24 heavy (non-hydrogen) atoms. The van der Waals surface area contributed by atoms with Gasteiger partial charge in [0.15, 0.2) is 0 Å². The second-order valence-electron chi connectivity index (χ2n) is 5.72. The van der Waals surface area contributed by atoms with Crippen molar-refractivity contribution in [1.82, 2.24) is 10.2 Å². The molecule has 0 aromatic heterocycles. The van der Waals surface area contributed by atoms with E-state index >= 15 is 0 Å². The van der Waals surface area contributed by atoms with Crippen molar-refractivity contribution in [1.29, 1.82) is 0 Å². The molecule has 2 aromatic rings. The SMILES string of the molecule is CN(Cc1ccc(Cl)c(Cl)c1)C(CC(N)=O)NCc1ccccc1. The van der Waals surface area contributed by atoms with Gasteiger partial charge in [0.05, 0.1) is 22.6 Å². The van der Waals surface area contributed by atoms with Crippen LogP contribution < -0.4 is 11.1 Å². The zero-order chi connectivity index (χ0) is 17.5. The molecule has 0 saturated heterocycles. The van der Waals surface area contributed by atoms with Crippen LogP contribution in [0, 0.1) is 0 Å². The third-order valence-corrected chi connectivity index (χ3v) is 4.47. The van der Waals surface area contributed by atoms with E-state index in [4.69, 9.17) is 28.9 Å². The van der Waals surface area contributed by atoms with Gasteiger partial charge in [-0.2, -0.15) is 0 Å². The molecule has 0 aliphatic heterocycles. The minimum Gasteiger partial charge on any atom is -0.370 e. The number of benzene rings is 2. The van der Waals surface area contributed by atoms with Crippen LogP contribution in [0.5, 0.6) is 0 Å². The van der Waals surface area contributed by atoms with Crippen molar-refractivity contribution in [3.05, 3.63) is 69.7 Å². The first-order chi connectivity index (χ1) is 11.5. The fourth-order valence-electron chi connectivity index (χ4n) is 2.44. The Balaban J connectivity index is 2.02. The topological polar surface area (TPSA) is 58.4 Å². The Morgan fingerprint density at radius 1 is 1.12 bits per heavy atom. The molecule has 3 N–H and O–H groups in total. The number of rotatable bonds is 8. The Bertz CT molecular complexity index is 679. The second kappa shape index (κ2) is 9.04. The highest BCUT2D eigenvalue weighted by Gasteiger charge is 2.17. The van der Waals surface area contributed by atoms with Crippen molar-refractivity contribution in [2.24, 2.45) is 5.73 Å². The quantitative estimate of drug-likeness (QED) is 0.704. The van der Waals surface area contributed by atoms with Crippen LogP contribution in [-0.2, 0) is 17.9 Å². The van der Waals surface area contributed by atoms with Gasteiger partial charge in [0.25, 0.3) is 0 Å². The van der Waals surface area contributed by atoms with E-state index in [1.165, 1.54) is 0 Å². The molecule has 0 heterocycles. The molecule has 0 saturated carbocycles. The first-order valence-corrected chi connectivity index (χ1v) is 8.41. The third kappa shape index (κ3) is 5.80. The number of nitrogens with one attached hydrogen (secondary N) is 1. The maximum Gasteiger partial charge on any atom is 0.220 e. The molecular formula is C18H21Cl2N3O. The molecule has 1 unspecified atom stereocenters. The zero-order valence-electron chi connectivity index (χ0n) is 13.5. The number of hydrogen-bond acceptors (Lipinski definition) is 3. The van der Waals surface area contributed by atoms with Crippen molar-refractivity contribution in [3.8, 4) is 0 Å². The molecule has 128 valence electrons. The van der Waals surface area contributed by atoms with Crippen molar-refractivity contribution >= 4 is 29.1 Å². The van der Waals surface area contributed by atoms with Gasteiger partial charge in [0.1, 0.15) is 0 Å². The monoisotopic (exact) mass is 365 g/mol. The maximum absolute atomic E-state index is 11.4. The van der Waals surface area contributed by atoms with Crippen LogP contribution in [0.4, 0.5) is 0 Å². The van der Waals surface area contributed by atoms with Crippen molar-refractivity contribution in [2.75, 3.05) is 7.05 Å². The van der Waals surface area contributed by atoms with E-state index in [0.29, 0.717) is 23.1 Å². The molecule has 0 radical (unpaired) electrons. The molecule has 0 aliphatic carbocycles. The Hall–Kier alpha value is -1.59. The number of nitrogens with zero attached hydrogens (tertiary/aromatic N) is 1. The summed E-state index contributed by atoms with van der Waals surface area (Å²) in [7, 11) is 1.94. The number of amides is 1. The van der Waals surface area contributed by atoms with Gasteiger partial charge in [-0.3, -0.25) is 15.0 Å². The van der Waals surface area contributed by atoms with Crippen LogP contribution in [0.15, 0.2) is 48.5 Å². The molecule has 1 amide bonds. The predicted octanol–water partition coefficient (Wildman–Crippen LogP) is 3.42. The average Bonchev–Trinajstić information content (AvgIpc) is 2.55. The number of primary amides is 1. The molecule has 2 aromatic carbocycles. The van der Waals surface area contributed by atoms with Gasteiger partial charge >= 0.3 is 0 Å². The maximum atomic E-state index is 11.4. The number of nitrogens with two attached hydrogens (primary N) is 1. The van der Waals surface area contributed by atoms with E-state index in [2.05, 4.69) is 5.32 Å². The fourth-order valence-corrected chi connectivity index (χ4v) is 2.76. The molecule has 0 spiro atoms. The van der Waals surface area contributed by atoms with E-state index < -0.39 is 0 Å². The molecule has 6 heteroatoms. The highest BCUT2D eigenvalue weighted by molar-refractivity contribution is 6.42. The normalized spacial score (nSPS) is 12.3. The summed E-state index contributed by atoms with van der Waals surface area (Å²) in [4.78, 5) is 13.4. The Morgan fingerprint density at radius 3 is 2.46 bits per heavy atom. The summed E-state index contributed by atoms with van der Waals surface area (Å²) in [6.07, 6.45) is 0.0575. The lowest BCUT2D eigenvalue weighted by molar-refractivity contribution is -0.119. The Labute approximate surface area is 152 Å². The van der Waals surface area contributed by atoms with Crippen LogP contribution in [0.25, 0.3) is 0 Å². The van der Waals surface area contributed by atoms with Crippen molar-refractivity contribution in [3.63, 3.8) is 0 Å². The molecule has 2 rings (SSSR count). The molecule has 0 aliphatic rings. The van der Waals surface area contributed by atoms with Gasteiger partial charge in [0.2, 0.25) is 5.91 Å². The average molecular weight is 366 g/mol. The summed E-state index contributed by atoms with van der Waals surface area (Å²) in [5, 5.41) is 4.43. The van der Waals surface area contributed by atoms with Gasteiger partial charge in [-0.05, 0) is 30.3 Å². The van der Waals surface area contributed by atoms with Crippen molar-refractivity contribution in [2.45, 2.75) is 25.7 Å². The summed E-state index contributed by atoms with van der Waals surface area (Å²) >= 11 is 12.0. The highest BCUT2D eigenvalue weighted by atomic mass is 35.5. The predicted molar refractivity (Wildman–Crippen MR) is 98.8 cm³/mol. The van der Waals surface area contributed by atoms with Gasteiger partial charge in [-0.1, -0.05) is 59.6 Å². The van der Waals surface area contributed by atoms with Gasteiger partial charge in [-0.25, -0.2) is 0 Å². The van der Waals surface area contributed by atoms with Gasteiger partial charge in [0, 0.05) is 13.1 Å². The smallest absolute Gasteiger partial charge is 0.220 e. The van der Waals surface area contributed by atoms with Crippen LogP contribution >= 0.6 is 23.2 Å². The second-order valence-corrected chi connectivity index (χ2v) is 6.53. The molecule has 4 nitrogen and oxygen atoms in total. The standard InChI is InChI=1S/C18H21Cl2N3O/c1-23(12-14-7-8-15(19)16(20)9-14)18(10-17(21)24)22-11-13-5-3-2-4-6-13/h2-9,18,22H,10-12H2,1H3,(H2,21,24). The summed E-state index contributed by atoms with van der Waals surface area (Å²) in [5.41, 5.74) is 7.56. The molecule has 0 bridgehead atoms. The lowest BCUT2D eigenvalue weighted by Crippen LogP contribution is -2.45. The Kier molecular flexibility index (Phi) is 7.06. The number of halogens is 2. The first kappa shape index (κ1) is 18.7. The zero-order valence-corrected chi connectivity index (χ0v) is 15.0. The van der Waals surface area contributed by atoms with Crippen LogP contribution in [0.3, 0.4) is 0 Å². The van der Waals surface area contributed by atoms with Crippen LogP contribution in [0.1, 0.15) is 17.5 Å². The van der Waals surface area contributed by atoms with Crippen molar-refractivity contribution < 1.29 is 4.79 Å². The van der Waals surface area contributed by atoms with E-state index in [9.17, 15) is 4.79 Å². The molecule has 0 fully saturated rings. The van der Waals surface area contributed by atoms with Crippen LogP contribution in [-0.4, -0.2) is 24.0 Å². The summed E-state index contributed by atoms with van der Waals surface area (Å²) in [6.45, 7) is 1.28. The number of carbonyl (C=O) groups excluding carboxylic acids is 1.